The SMILES string of the molecule is CCC1([C@@H]2NC(=O)C[C@H](c3cccc(Cl)c3)[C@@]23C(=O)Nc2cc(Br)ccc23)CC1. The third kappa shape index (κ3) is 2.70. The normalized spacial score (nSPS) is 29.3. The van der Waals surface area contributed by atoms with Crippen molar-refractivity contribution in [1.82, 2.24) is 5.32 Å². The number of rotatable bonds is 3. The van der Waals surface area contributed by atoms with Gasteiger partial charge >= 0.3 is 0 Å². The quantitative estimate of drug-likeness (QED) is 0.647. The molecule has 1 aliphatic carbocycles. The summed E-state index contributed by atoms with van der Waals surface area (Å²) in [5.41, 5.74) is 1.85. The lowest BCUT2D eigenvalue weighted by atomic mass is 9.57. The summed E-state index contributed by atoms with van der Waals surface area (Å²) in [5, 5.41) is 7.00. The Bertz CT molecular complexity index is 1040. The van der Waals surface area contributed by atoms with Crippen LogP contribution in [0.25, 0.3) is 0 Å². The molecule has 2 aromatic rings. The number of fused-ring (bicyclic) bond motifs is 2. The first-order valence-corrected chi connectivity index (χ1v) is 11.2. The minimum absolute atomic E-state index is 0.00341. The van der Waals surface area contributed by atoms with E-state index >= 15 is 0 Å². The maximum absolute atomic E-state index is 13.8. The Morgan fingerprint density at radius 2 is 1.97 bits per heavy atom. The lowest BCUT2D eigenvalue weighted by Crippen LogP contribution is -2.65. The number of benzene rings is 2. The molecule has 3 aliphatic rings. The first-order valence-electron chi connectivity index (χ1n) is 10.1. The van der Waals surface area contributed by atoms with Gasteiger partial charge in [-0.25, -0.2) is 0 Å². The van der Waals surface area contributed by atoms with Crippen LogP contribution in [-0.2, 0) is 15.0 Å². The molecule has 4 nitrogen and oxygen atoms in total. The van der Waals surface area contributed by atoms with Gasteiger partial charge in [0.2, 0.25) is 11.8 Å². The summed E-state index contributed by atoms with van der Waals surface area (Å²) < 4.78 is 0.918. The van der Waals surface area contributed by atoms with Crippen LogP contribution in [0.15, 0.2) is 46.9 Å². The van der Waals surface area contributed by atoms with Crippen LogP contribution in [0.5, 0.6) is 0 Å². The third-order valence-electron chi connectivity index (χ3n) is 7.21. The van der Waals surface area contributed by atoms with Crippen molar-refractivity contribution in [1.29, 1.82) is 0 Å². The number of hydrogen-bond donors (Lipinski definition) is 2. The van der Waals surface area contributed by atoms with Crippen molar-refractivity contribution in [2.75, 3.05) is 5.32 Å². The zero-order valence-electron chi connectivity index (χ0n) is 16.1. The van der Waals surface area contributed by atoms with E-state index in [1.165, 1.54) is 0 Å². The molecule has 1 saturated heterocycles. The van der Waals surface area contributed by atoms with Crippen LogP contribution in [0.1, 0.15) is 49.7 Å². The van der Waals surface area contributed by atoms with Gasteiger partial charge in [0.15, 0.2) is 0 Å². The number of halogens is 2. The van der Waals surface area contributed by atoms with Crippen molar-refractivity contribution < 1.29 is 9.59 Å². The molecule has 2 fully saturated rings. The highest BCUT2D eigenvalue weighted by molar-refractivity contribution is 9.10. The summed E-state index contributed by atoms with van der Waals surface area (Å²) >= 11 is 9.83. The number of carbonyl (C=O) groups is 2. The summed E-state index contributed by atoms with van der Waals surface area (Å²) in [7, 11) is 0. The van der Waals surface area contributed by atoms with E-state index in [1.807, 2.05) is 42.5 Å². The van der Waals surface area contributed by atoms with E-state index in [4.69, 9.17) is 11.6 Å². The predicted octanol–water partition coefficient (Wildman–Crippen LogP) is 5.15. The van der Waals surface area contributed by atoms with Crippen molar-refractivity contribution in [3.8, 4) is 0 Å². The minimum Gasteiger partial charge on any atom is -0.351 e. The molecule has 2 aromatic carbocycles. The minimum atomic E-state index is -0.846. The molecule has 2 amide bonds. The van der Waals surface area contributed by atoms with Crippen LogP contribution in [-0.4, -0.2) is 17.9 Å². The van der Waals surface area contributed by atoms with Crippen molar-refractivity contribution in [2.24, 2.45) is 5.41 Å². The second kappa shape index (κ2) is 6.58. The van der Waals surface area contributed by atoms with Gasteiger partial charge in [-0.3, -0.25) is 9.59 Å². The van der Waals surface area contributed by atoms with Crippen LogP contribution in [0.2, 0.25) is 5.02 Å². The highest BCUT2D eigenvalue weighted by Crippen LogP contribution is 2.63. The second-order valence-corrected chi connectivity index (χ2v) is 9.89. The second-order valence-electron chi connectivity index (χ2n) is 8.54. The number of carbonyl (C=O) groups excluding carboxylic acids is 2. The number of amides is 2. The van der Waals surface area contributed by atoms with Crippen LogP contribution in [0.3, 0.4) is 0 Å². The fraction of sp³-hybridized carbons (Fsp3) is 0.391. The van der Waals surface area contributed by atoms with Gasteiger partial charge in [-0.2, -0.15) is 0 Å². The molecule has 5 rings (SSSR count). The molecule has 29 heavy (non-hydrogen) atoms. The van der Waals surface area contributed by atoms with E-state index in [1.54, 1.807) is 0 Å². The largest absolute Gasteiger partial charge is 0.351 e. The first-order chi connectivity index (χ1) is 13.9. The van der Waals surface area contributed by atoms with E-state index in [0.29, 0.717) is 5.02 Å². The lowest BCUT2D eigenvalue weighted by molar-refractivity contribution is -0.133. The number of nitrogens with one attached hydrogen (secondary N) is 2. The zero-order chi connectivity index (χ0) is 20.4. The number of hydrogen-bond acceptors (Lipinski definition) is 2. The molecule has 6 heteroatoms. The van der Waals surface area contributed by atoms with E-state index in [2.05, 4.69) is 33.5 Å². The van der Waals surface area contributed by atoms with Gasteiger partial charge < -0.3 is 10.6 Å². The number of anilines is 1. The van der Waals surface area contributed by atoms with Gasteiger partial charge in [0.05, 0.1) is 6.04 Å². The van der Waals surface area contributed by atoms with Crippen LogP contribution in [0.4, 0.5) is 5.69 Å². The maximum Gasteiger partial charge on any atom is 0.237 e. The van der Waals surface area contributed by atoms with E-state index in [9.17, 15) is 9.59 Å². The van der Waals surface area contributed by atoms with Gasteiger partial charge in [0, 0.05) is 27.5 Å². The van der Waals surface area contributed by atoms with E-state index in [-0.39, 0.29) is 35.6 Å². The van der Waals surface area contributed by atoms with Crippen LogP contribution in [0, 0.1) is 5.41 Å². The Morgan fingerprint density at radius 1 is 1.17 bits per heavy atom. The molecule has 0 bridgehead atoms. The Hall–Kier alpha value is -1.85. The van der Waals surface area contributed by atoms with E-state index < -0.39 is 5.41 Å². The van der Waals surface area contributed by atoms with Crippen molar-refractivity contribution in [3.05, 3.63) is 63.1 Å². The summed E-state index contributed by atoms with van der Waals surface area (Å²) in [6.07, 6.45) is 3.25. The van der Waals surface area contributed by atoms with E-state index in [0.717, 1.165) is 40.5 Å². The Morgan fingerprint density at radius 3 is 2.66 bits per heavy atom. The van der Waals surface area contributed by atoms with Crippen molar-refractivity contribution in [3.63, 3.8) is 0 Å². The fourth-order valence-electron chi connectivity index (χ4n) is 5.59. The topological polar surface area (TPSA) is 58.2 Å². The Labute approximate surface area is 183 Å². The first kappa shape index (κ1) is 19.1. The van der Waals surface area contributed by atoms with Crippen LogP contribution < -0.4 is 10.6 Å². The summed E-state index contributed by atoms with van der Waals surface area (Å²) in [6, 6.07) is 13.3. The molecule has 2 aliphatic heterocycles. The van der Waals surface area contributed by atoms with Crippen molar-refractivity contribution >= 4 is 45.0 Å². The lowest BCUT2D eigenvalue weighted by Gasteiger charge is -2.49. The highest BCUT2D eigenvalue weighted by atomic mass is 79.9. The number of piperidine rings is 1. The van der Waals surface area contributed by atoms with Gasteiger partial charge in [-0.1, -0.05) is 52.7 Å². The third-order valence-corrected chi connectivity index (χ3v) is 7.94. The fourth-order valence-corrected chi connectivity index (χ4v) is 6.15. The molecular weight excluding hydrogens is 452 g/mol. The van der Waals surface area contributed by atoms with Gasteiger partial charge in [0.25, 0.3) is 0 Å². The molecule has 1 spiro atoms. The molecule has 1 saturated carbocycles. The Balaban J connectivity index is 1.78. The zero-order valence-corrected chi connectivity index (χ0v) is 18.4. The molecule has 2 N–H and O–H groups in total. The highest BCUT2D eigenvalue weighted by Gasteiger charge is 2.67. The van der Waals surface area contributed by atoms with Gasteiger partial charge in [0.1, 0.15) is 5.41 Å². The average Bonchev–Trinajstić information content (AvgIpc) is 3.44. The van der Waals surface area contributed by atoms with Gasteiger partial charge in [-0.05, 0) is 60.1 Å². The maximum atomic E-state index is 13.8. The molecule has 0 aromatic heterocycles. The average molecular weight is 474 g/mol. The summed E-state index contributed by atoms with van der Waals surface area (Å²) in [5.74, 6) is -0.296. The van der Waals surface area contributed by atoms with Crippen molar-refractivity contribution in [2.45, 2.75) is 50.0 Å². The standard InChI is InChI=1S/C23H22BrClN2O2/c1-2-22(8-9-22)20-23(16-7-6-14(24)11-18(16)26-21(23)29)17(12-19(28)27-20)13-4-3-5-15(25)10-13/h3-7,10-11,17,20H,2,8-9,12H2,1H3,(H,26,29)(H,27,28)/t17-,20+,23-/m1/s1. The smallest absolute Gasteiger partial charge is 0.237 e. The monoisotopic (exact) mass is 472 g/mol. The summed E-state index contributed by atoms with van der Waals surface area (Å²) in [6.45, 7) is 2.16. The summed E-state index contributed by atoms with van der Waals surface area (Å²) in [4.78, 5) is 26.6. The predicted molar refractivity (Wildman–Crippen MR) is 117 cm³/mol. The molecule has 0 radical (unpaired) electrons. The van der Waals surface area contributed by atoms with Gasteiger partial charge in [-0.15, -0.1) is 0 Å². The molecule has 0 unspecified atom stereocenters. The Kier molecular flexibility index (Phi) is 4.34. The van der Waals surface area contributed by atoms with Crippen LogP contribution >= 0.6 is 27.5 Å². The molecule has 3 atom stereocenters. The molecule has 150 valence electrons. The molecular formula is C23H22BrClN2O2. The molecule has 2 heterocycles.